The number of likely N-dealkylation sites (N-methyl/N-ethyl adjacent to an activating group) is 1. The summed E-state index contributed by atoms with van der Waals surface area (Å²) in [5, 5.41) is 2.64. The van der Waals surface area contributed by atoms with Gasteiger partial charge in [-0.1, -0.05) is 30.3 Å². The first-order valence-corrected chi connectivity index (χ1v) is 6.55. The molecule has 1 N–H and O–H groups in total. The van der Waals surface area contributed by atoms with Crippen LogP contribution in [0.1, 0.15) is 19.4 Å². The molecule has 0 aromatic heterocycles. The molecule has 5 heteroatoms. The number of benzene rings is 1. The van der Waals surface area contributed by atoms with Crippen LogP contribution >= 0.6 is 0 Å². The van der Waals surface area contributed by atoms with Crippen molar-refractivity contribution in [2.75, 3.05) is 14.1 Å². The average Bonchev–Trinajstić information content (AvgIpc) is 2.42. The maximum Gasteiger partial charge on any atom is 0.247 e. The van der Waals surface area contributed by atoms with Crippen LogP contribution < -0.4 is 5.32 Å². The molecule has 0 aliphatic rings. The standard InChI is InChI=1S/C15H22N2O3/c1-11(20-10-13-8-6-5-7-9-13)14(16-12(2)18)15(19)17(3)4/h5-9,11,14H,10H2,1-4H3,(H,16,18). The molecule has 1 aromatic carbocycles. The van der Waals surface area contributed by atoms with E-state index in [1.54, 1.807) is 21.0 Å². The molecule has 0 aliphatic carbocycles. The van der Waals surface area contributed by atoms with E-state index in [0.29, 0.717) is 6.61 Å². The van der Waals surface area contributed by atoms with Crippen LogP contribution in [0.2, 0.25) is 0 Å². The van der Waals surface area contributed by atoms with E-state index < -0.39 is 12.1 Å². The van der Waals surface area contributed by atoms with Crippen LogP contribution in [-0.2, 0) is 20.9 Å². The lowest BCUT2D eigenvalue weighted by Gasteiger charge is -2.26. The highest BCUT2D eigenvalue weighted by Gasteiger charge is 2.27. The van der Waals surface area contributed by atoms with Crippen molar-refractivity contribution in [3.05, 3.63) is 35.9 Å². The van der Waals surface area contributed by atoms with Crippen LogP contribution in [-0.4, -0.2) is 43.0 Å². The summed E-state index contributed by atoms with van der Waals surface area (Å²) in [6, 6.07) is 9.02. The maximum atomic E-state index is 12.1. The molecular weight excluding hydrogens is 256 g/mol. The number of carbonyl (C=O) groups excluding carboxylic acids is 2. The molecule has 0 radical (unpaired) electrons. The van der Waals surface area contributed by atoms with E-state index in [0.717, 1.165) is 5.56 Å². The highest BCUT2D eigenvalue weighted by atomic mass is 16.5. The van der Waals surface area contributed by atoms with Crippen LogP contribution in [0.15, 0.2) is 30.3 Å². The van der Waals surface area contributed by atoms with Crippen molar-refractivity contribution in [2.45, 2.75) is 32.6 Å². The second-order valence-corrected chi connectivity index (χ2v) is 4.91. The Kier molecular flexibility index (Phi) is 6.18. The molecule has 1 rings (SSSR count). The number of hydrogen-bond donors (Lipinski definition) is 1. The Hall–Kier alpha value is -1.88. The second-order valence-electron chi connectivity index (χ2n) is 4.91. The number of ether oxygens (including phenoxy) is 1. The molecule has 0 heterocycles. The summed E-state index contributed by atoms with van der Waals surface area (Å²) in [6.07, 6.45) is -0.408. The van der Waals surface area contributed by atoms with Gasteiger partial charge in [0.2, 0.25) is 11.8 Å². The molecule has 110 valence electrons. The normalized spacial score (nSPS) is 13.4. The predicted octanol–water partition coefficient (Wildman–Crippen LogP) is 1.18. The molecule has 0 saturated carbocycles. The number of amides is 2. The molecule has 0 spiro atoms. The van der Waals surface area contributed by atoms with E-state index in [2.05, 4.69) is 5.32 Å². The Morgan fingerprint density at radius 1 is 1.25 bits per heavy atom. The summed E-state index contributed by atoms with van der Waals surface area (Å²) in [5.74, 6) is -0.430. The van der Waals surface area contributed by atoms with E-state index in [9.17, 15) is 9.59 Å². The van der Waals surface area contributed by atoms with Gasteiger partial charge in [-0.2, -0.15) is 0 Å². The van der Waals surface area contributed by atoms with Crippen LogP contribution in [0.5, 0.6) is 0 Å². The molecule has 2 unspecified atom stereocenters. The average molecular weight is 278 g/mol. The first-order chi connectivity index (χ1) is 9.41. The van der Waals surface area contributed by atoms with Crippen LogP contribution in [0.3, 0.4) is 0 Å². The minimum atomic E-state index is -0.675. The molecule has 2 atom stereocenters. The zero-order valence-corrected chi connectivity index (χ0v) is 12.4. The van der Waals surface area contributed by atoms with E-state index in [4.69, 9.17) is 4.74 Å². The van der Waals surface area contributed by atoms with Crippen LogP contribution in [0.4, 0.5) is 0 Å². The Balaban J connectivity index is 2.65. The number of rotatable bonds is 6. The fourth-order valence-corrected chi connectivity index (χ4v) is 1.78. The lowest BCUT2D eigenvalue weighted by Crippen LogP contribution is -2.52. The van der Waals surface area contributed by atoms with Crippen molar-refractivity contribution >= 4 is 11.8 Å². The van der Waals surface area contributed by atoms with E-state index in [-0.39, 0.29) is 11.8 Å². The molecule has 0 aliphatic heterocycles. The van der Waals surface area contributed by atoms with Gasteiger partial charge in [0.15, 0.2) is 0 Å². The fourth-order valence-electron chi connectivity index (χ4n) is 1.78. The monoisotopic (exact) mass is 278 g/mol. The maximum absolute atomic E-state index is 12.1. The zero-order valence-electron chi connectivity index (χ0n) is 12.4. The van der Waals surface area contributed by atoms with Gasteiger partial charge in [-0.25, -0.2) is 0 Å². The minimum absolute atomic E-state index is 0.180. The Morgan fingerprint density at radius 2 is 1.85 bits per heavy atom. The van der Waals surface area contributed by atoms with Gasteiger partial charge in [0.1, 0.15) is 6.04 Å². The second kappa shape index (κ2) is 7.65. The Labute approximate surface area is 119 Å². The molecule has 1 aromatic rings. The van der Waals surface area contributed by atoms with Gasteiger partial charge in [0, 0.05) is 21.0 Å². The van der Waals surface area contributed by atoms with Crippen LogP contribution in [0, 0.1) is 0 Å². The Bertz CT molecular complexity index is 446. The first kappa shape index (κ1) is 16.2. The first-order valence-electron chi connectivity index (χ1n) is 6.55. The van der Waals surface area contributed by atoms with E-state index in [1.807, 2.05) is 30.3 Å². The van der Waals surface area contributed by atoms with E-state index >= 15 is 0 Å². The van der Waals surface area contributed by atoms with Gasteiger partial charge in [0.25, 0.3) is 0 Å². The van der Waals surface area contributed by atoms with Crippen molar-refractivity contribution in [1.29, 1.82) is 0 Å². The quantitative estimate of drug-likeness (QED) is 0.850. The molecule has 0 bridgehead atoms. The predicted molar refractivity (Wildman–Crippen MR) is 77.0 cm³/mol. The lowest BCUT2D eigenvalue weighted by molar-refractivity contribution is -0.138. The lowest BCUT2D eigenvalue weighted by atomic mass is 10.1. The Morgan fingerprint density at radius 3 is 2.35 bits per heavy atom. The molecular formula is C15H22N2O3. The third-order valence-corrected chi connectivity index (χ3v) is 2.89. The van der Waals surface area contributed by atoms with Crippen LogP contribution in [0.25, 0.3) is 0 Å². The molecule has 2 amide bonds. The van der Waals surface area contributed by atoms with Crippen molar-refractivity contribution in [2.24, 2.45) is 0 Å². The molecule has 0 fully saturated rings. The minimum Gasteiger partial charge on any atom is -0.371 e. The van der Waals surface area contributed by atoms with Gasteiger partial charge in [-0.3, -0.25) is 9.59 Å². The SMILES string of the molecule is CC(=O)NC(C(=O)N(C)C)C(C)OCc1ccccc1. The summed E-state index contributed by atoms with van der Waals surface area (Å²) >= 11 is 0. The van der Waals surface area contributed by atoms with Gasteiger partial charge in [0.05, 0.1) is 12.7 Å². The number of nitrogens with zero attached hydrogens (tertiary/aromatic N) is 1. The van der Waals surface area contributed by atoms with Crippen molar-refractivity contribution < 1.29 is 14.3 Å². The topological polar surface area (TPSA) is 58.6 Å². The highest BCUT2D eigenvalue weighted by molar-refractivity contribution is 5.87. The largest absolute Gasteiger partial charge is 0.371 e. The number of carbonyl (C=O) groups is 2. The molecule has 20 heavy (non-hydrogen) atoms. The number of hydrogen-bond acceptors (Lipinski definition) is 3. The molecule has 0 saturated heterocycles. The van der Waals surface area contributed by atoms with Gasteiger partial charge >= 0.3 is 0 Å². The third-order valence-electron chi connectivity index (χ3n) is 2.89. The van der Waals surface area contributed by atoms with Gasteiger partial charge < -0.3 is 15.0 Å². The van der Waals surface area contributed by atoms with Gasteiger partial charge in [-0.05, 0) is 12.5 Å². The summed E-state index contributed by atoms with van der Waals surface area (Å²) in [7, 11) is 3.31. The summed E-state index contributed by atoms with van der Waals surface area (Å²) < 4.78 is 5.70. The molecule has 5 nitrogen and oxygen atoms in total. The fraction of sp³-hybridized carbons (Fsp3) is 0.467. The third kappa shape index (κ3) is 5.01. The summed E-state index contributed by atoms with van der Waals surface area (Å²) in [4.78, 5) is 24.7. The van der Waals surface area contributed by atoms with Crippen molar-refractivity contribution in [3.63, 3.8) is 0 Å². The summed E-state index contributed by atoms with van der Waals surface area (Å²) in [6.45, 7) is 3.57. The highest BCUT2D eigenvalue weighted by Crippen LogP contribution is 2.07. The zero-order chi connectivity index (χ0) is 15.1. The van der Waals surface area contributed by atoms with E-state index in [1.165, 1.54) is 11.8 Å². The summed E-state index contributed by atoms with van der Waals surface area (Å²) in [5.41, 5.74) is 1.03. The smallest absolute Gasteiger partial charge is 0.247 e. The number of nitrogens with one attached hydrogen (secondary N) is 1. The van der Waals surface area contributed by atoms with Crippen molar-refractivity contribution in [3.8, 4) is 0 Å². The van der Waals surface area contributed by atoms with Crippen molar-refractivity contribution in [1.82, 2.24) is 10.2 Å². The van der Waals surface area contributed by atoms with Gasteiger partial charge in [-0.15, -0.1) is 0 Å².